The quantitative estimate of drug-likeness (QED) is 0.585. The Morgan fingerprint density at radius 1 is 1.28 bits per heavy atom. The zero-order chi connectivity index (χ0) is 12.9. The van der Waals surface area contributed by atoms with Crippen LogP contribution in [0.3, 0.4) is 0 Å². The van der Waals surface area contributed by atoms with Crippen LogP contribution in [0.25, 0.3) is 11.2 Å². The number of anilines is 1. The van der Waals surface area contributed by atoms with Crippen LogP contribution in [0.4, 0.5) is 5.82 Å². The number of rotatable bonds is 1. The van der Waals surface area contributed by atoms with E-state index in [0.29, 0.717) is 11.2 Å². The lowest BCUT2D eigenvalue weighted by atomic mass is 10.1. The van der Waals surface area contributed by atoms with Crippen LogP contribution in [0.5, 0.6) is 0 Å². The van der Waals surface area contributed by atoms with Crippen molar-refractivity contribution in [2.75, 3.05) is 5.73 Å². The molecule has 0 bridgehead atoms. The lowest BCUT2D eigenvalue weighted by Crippen LogP contribution is -2.30. The van der Waals surface area contributed by atoms with Crippen molar-refractivity contribution in [1.29, 1.82) is 0 Å². The molecular formula is C10H12N5O3. The molecule has 95 valence electrons. The molecule has 4 N–H and O–H groups in total. The van der Waals surface area contributed by atoms with E-state index in [2.05, 4.69) is 21.9 Å². The summed E-state index contributed by atoms with van der Waals surface area (Å²) >= 11 is 0. The van der Waals surface area contributed by atoms with Gasteiger partial charge in [-0.25, -0.2) is 15.0 Å². The number of aliphatic hydroxyl groups is 2. The van der Waals surface area contributed by atoms with E-state index in [0.717, 1.165) is 0 Å². The Bertz CT molecular complexity index is 586. The molecule has 0 amide bonds. The van der Waals surface area contributed by atoms with Gasteiger partial charge in [0.15, 0.2) is 17.7 Å². The van der Waals surface area contributed by atoms with Crippen molar-refractivity contribution in [2.45, 2.75) is 24.5 Å². The molecule has 3 heterocycles. The second kappa shape index (κ2) is 3.87. The van der Waals surface area contributed by atoms with Crippen LogP contribution < -0.4 is 5.73 Å². The summed E-state index contributed by atoms with van der Waals surface area (Å²) in [7, 11) is 0. The third-order valence-corrected chi connectivity index (χ3v) is 3.00. The van der Waals surface area contributed by atoms with E-state index >= 15 is 0 Å². The summed E-state index contributed by atoms with van der Waals surface area (Å²) in [5, 5.41) is 19.5. The number of aliphatic hydroxyl groups excluding tert-OH is 2. The van der Waals surface area contributed by atoms with E-state index in [1.807, 2.05) is 0 Å². The van der Waals surface area contributed by atoms with Crippen LogP contribution in [-0.2, 0) is 4.74 Å². The SMILES string of the molecule is [CH2]C1OC(n2cnc3c(N)ncnc32)[C@H](O)[C@@H]1O. The second-order valence-electron chi connectivity index (χ2n) is 4.13. The van der Waals surface area contributed by atoms with Crippen molar-refractivity contribution in [2.24, 2.45) is 0 Å². The highest BCUT2D eigenvalue weighted by Gasteiger charge is 2.42. The van der Waals surface area contributed by atoms with E-state index in [9.17, 15) is 10.2 Å². The topological polar surface area (TPSA) is 119 Å². The molecule has 2 aromatic heterocycles. The number of nitrogens with two attached hydrogens (primary N) is 1. The summed E-state index contributed by atoms with van der Waals surface area (Å²) in [6.07, 6.45) is -0.903. The largest absolute Gasteiger partial charge is 0.388 e. The molecule has 8 nitrogen and oxygen atoms in total. The van der Waals surface area contributed by atoms with Gasteiger partial charge < -0.3 is 20.7 Å². The molecule has 0 aliphatic carbocycles. The number of nitrogens with zero attached hydrogens (tertiary/aromatic N) is 4. The van der Waals surface area contributed by atoms with Crippen LogP contribution in [-0.4, -0.2) is 48.0 Å². The van der Waals surface area contributed by atoms with Crippen molar-refractivity contribution in [3.8, 4) is 0 Å². The standard InChI is InChI=1S/C10H12N5O3/c1-4-6(16)7(17)10(18-4)15-3-14-5-8(11)12-2-13-9(5)15/h2-4,6-7,10,16-17H,1H2,(H2,11,12,13)/t4?,6-,7-,10?/m1/s1. The molecule has 1 saturated heterocycles. The highest BCUT2D eigenvalue weighted by molar-refractivity contribution is 5.81. The third kappa shape index (κ3) is 1.47. The summed E-state index contributed by atoms with van der Waals surface area (Å²) in [5.41, 5.74) is 6.53. The first-order valence-electron chi connectivity index (χ1n) is 5.37. The van der Waals surface area contributed by atoms with E-state index in [1.165, 1.54) is 17.2 Å². The maximum absolute atomic E-state index is 9.89. The van der Waals surface area contributed by atoms with Gasteiger partial charge in [-0.2, -0.15) is 0 Å². The molecule has 4 atom stereocenters. The smallest absolute Gasteiger partial charge is 0.167 e. The maximum Gasteiger partial charge on any atom is 0.167 e. The highest BCUT2D eigenvalue weighted by atomic mass is 16.6. The van der Waals surface area contributed by atoms with E-state index < -0.39 is 24.5 Å². The number of aromatic nitrogens is 4. The molecule has 8 heteroatoms. The Kier molecular flexibility index (Phi) is 2.44. The van der Waals surface area contributed by atoms with Gasteiger partial charge in [-0.1, -0.05) is 0 Å². The zero-order valence-electron chi connectivity index (χ0n) is 9.34. The molecule has 1 radical (unpaired) electrons. The van der Waals surface area contributed by atoms with E-state index in [-0.39, 0.29) is 5.82 Å². The molecule has 0 spiro atoms. The summed E-state index contributed by atoms with van der Waals surface area (Å²) in [5.74, 6) is 0.248. The van der Waals surface area contributed by atoms with Gasteiger partial charge in [-0.15, -0.1) is 0 Å². The number of hydrogen-bond donors (Lipinski definition) is 3. The van der Waals surface area contributed by atoms with Gasteiger partial charge in [0, 0.05) is 0 Å². The Labute approximate surface area is 102 Å². The first-order chi connectivity index (χ1) is 8.59. The third-order valence-electron chi connectivity index (χ3n) is 3.00. The summed E-state index contributed by atoms with van der Waals surface area (Å²) in [6.45, 7) is 3.60. The summed E-state index contributed by atoms with van der Waals surface area (Å²) in [4.78, 5) is 11.9. The minimum absolute atomic E-state index is 0.248. The summed E-state index contributed by atoms with van der Waals surface area (Å²) in [6, 6.07) is 0. The van der Waals surface area contributed by atoms with Crippen molar-refractivity contribution in [3.05, 3.63) is 19.6 Å². The van der Waals surface area contributed by atoms with Gasteiger partial charge in [0.25, 0.3) is 0 Å². The molecule has 0 aromatic carbocycles. The molecule has 2 unspecified atom stereocenters. The van der Waals surface area contributed by atoms with Crippen LogP contribution in [0, 0.1) is 6.92 Å². The lowest BCUT2D eigenvalue weighted by molar-refractivity contribution is -0.0249. The summed E-state index contributed by atoms with van der Waals surface area (Å²) < 4.78 is 6.90. The van der Waals surface area contributed by atoms with Crippen molar-refractivity contribution < 1.29 is 14.9 Å². The fourth-order valence-corrected chi connectivity index (χ4v) is 2.02. The maximum atomic E-state index is 9.89. The van der Waals surface area contributed by atoms with Crippen LogP contribution in [0.2, 0.25) is 0 Å². The Balaban J connectivity index is 2.08. The number of nitrogen functional groups attached to an aromatic ring is 1. The fraction of sp³-hybridized carbons (Fsp3) is 0.400. The normalized spacial score (nSPS) is 32.2. The first kappa shape index (κ1) is 11.3. The Hall–Kier alpha value is -1.77. The molecule has 1 fully saturated rings. The van der Waals surface area contributed by atoms with Crippen molar-refractivity contribution in [3.63, 3.8) is 0 Å². The average molecular weight is 250 g/mol. The van der Waals surface area contributed by atoms with Gasteiger partial charge in [0.05, 0.1) is 12.4 Å². The molecular weight excluding hydrogens is 238 g/mol. The van der Waals surface area contributed by atoms with Gasteiger partial charge >= 0.3 is 0 Å². The average Bonchev–Trinajstić information content (AvgIpc) is 2.88. The monoisotopic (exact) mass is 250 g/mol. The van der Waals surface area contributed by atoms with Crippen LogP contribution >= 0.6 is 0 Å². The van der Waals surface area contributed by atoms with Gasteiger partial charge in [-0.3, -0.25) is 4.57 Å². The number of hydrogen-bond acceptors (Lipinski definition) is 7. The van der Waals surface area contributed by atoms with Gasteiger partial charge in [0.2, 0.25) is 0 Å². The number of imidazole rings is 1. The second-order valence-corrected chi connectivity index (χ2v) is 4.13. The van der Waals surface area contributed by atoms with Crippen LogP contribution in [0.1, 0.15) is 6.23 Å². The highest BCUT2D eigenvalue weighted by Crippen LogP contribution is 2.31. The first-order valence-corrected chi connectivity index (χ1v) is 5.37. The minimum Gasteiger partial charge on any atom is -0.388 e. The molecule has 18 heavy (non-hydrogen) atoms. The fourth-order valence-electron chi connectivity index (χ4n) is 2.02. The number of ether oxygens (including phenoxy) is 1. The molecule has 2 aromatic rings. The van der Waals surface area contributed by atoms with Gasteiger partial charge in [-0.05, 0) is 6.92 Å². The Morgan fingerprint density at radius 2 is 2.06 bits per heavy atom. The molecule has 3 rings (SSSR count). The number of fused-ring (bicyclic) bond motifs is 1. The predicted molar refractivity (Wildman–Crippen MR) is 61.0 cm³/mol. The molecule has 1 aliphatic heterocycles. The molecule has 1 aliphatic rings. The molecule has 0 saturated carbocycles. The Morgan fingerprint density at radius 3 is 2.72 bits per heavy atom. The minimum atomic E-state index is -1.10. The van der Waals surface area contributed by atoms with Crippen molar-refractivity contribution in [1.82, 2.24) is 19.5 Å². The lowest BCUT2D eigenvalue weighted by Gasteiger charge is -2.16. The van der Waals surface area contributed by atoms with Gasteiger partial charge in [0.1, 0.15) is 24.1 Å². The van der Waals surface area contributed by atoms with E-state index in [4.69, 9.17) is 10.5 Å². The van der Waals surface area contributed by atoms with E-state index in [1.54, 1.807) is 0 Å². The predicted octanol–water partition coefficient (Wildman–Crippen LogP) is -1.14. The van der Waals surface area contributed by atoms with Crippen molar-refractivity contribution >= 4 is 17.0 Å². The zero-order valence-corrected chi connectivity index (χ0v) is 9.34. The van der Waals surface area contributed by atoms with Crippen LogP contribution in [0.15, 0.2) is 12.7 Å².